The van der Waals surface area contributed by atoms with Crippen LogP contribution < -0.4 is 15.1 Å². The van der Waals surface area contributed by atoms with Crippen LogP contribution in [0.3, 0.4) is 0 Å². The van der Waals surface area contributed by atoms with Gasteiger partial charge in [0.05, 0.1) is 11.4 Å². The smallest absolute Gasteiger partial charge is 0.253 e. The van der Waals surface area contributed by atoms with E-state index in [2.05, 4.69) is 10.2 Å². The average molecular weight is 372 g/mol. The van der Waals surface area contributed by atoms with Crippen LogP contribution in [-0.2, 0) is 9.59 Å². The van der Waals surface area contributed by atoms with Crippen molar-refractivity contribution in [2.24, 2.45) is 0 Å². The van der Waals surface area contributed by atoms with Gasteiger partial charge in [-0.2, -0.15) is 0 Å². The maximum atomic E-state index is 13.2. The number of anilines is 2. The highest BCUT2D eigenvalue weighted by Gasteiger charge is 2.40. The van der Waals surface area contributed by atoms with Gasteiger partial charge in [0, 0.05) is 32.7 Å². The number of amides is 3. The van der Waals surface area contributed by atoms with Crippen molar-refractivity contribution in [3.05, 3.63) is 23.8 Å². The normalized spacial score (nSPS) is 18.6. The highest BCUT2D eigenvalue weighted by molar-refractivity contribution is 6.09. The summed E-state index contributed by atoms with van der Waals surface area (Å²) in [5, 5.41) is 2.84. The number of carbonyl (C=O) groups excluding carboxylic acids is 3. The molecule has 0 saturated carbocycles. The second-order valence-electron chi connectivity index (χ2n) is 7.38. The molecule has 0 unspecified atom stereocenters. The SMILES string of the molecule is CCCNC(=O)CN1C(=O)[C@H]2CCCCN2c2ccc(C(=O)N(C)C)cc21. The first-order valence-corrected chi connectivity index (χ1v) is 9.64. The van der Waals surface area contributed by atoms with E-state index in [1.165, 1.54) is 4.90 Å². The Balaban J connectivity index is 1.99. The largest absolute Gasteiger partial charge is 0.358 e. The van der Waals surface area contributed by atoms with Gasteiger partial charge in [0.15, 0.2) is 0 Å². The number of hydrogen-bond donors (Lipinski definition) is 1. The molecule has 7 nitrogen and oxygen atoms in total. The summed E-state index contributed by atoms with van der Waals surface area (Å²) in [6.45, 7) is 3.37. The van der Waals surface area contributed by atoms with E-state index in [0.29, 0.717) is 17.8 Å². The van der Waals surface area contributed by atoms with E-state index in [4.69, 9.17) is 0 Å². The average Bonchev–Trinajstić information content (AvgIpc) is 2.68. The second-order valence-corrected chi connectivity index (χ2v) is 7.38. The summed E-state index contributed by atoms with van der Waals surface area (Å²) in [6, 6.07) is 5.24. The van der Waals surface area contributed by atoms with Crippen molar-refractivity contribution in [1.82, 2.24) is 10.2 Å². The predicted molar refractivity (Wildman–Crippen MR) is 105 cm³/mol. The highest BCUT2D eigenvalue weighted by Crippen LogP contribution is 2.40. The van der Waals surface area contributed by atoms with Gasteiger partial charge in [0.1, 0.15) is 12.6 Å². The molecule has 1 N–H and O–H groups in total. The molecular formula is C20H28N4O3. The van der Waals surface area contributed by atoms with Crippen LogP contribution in [0.5, 0.6) is 0 Å². The lowest BCUT2D eigenvalue weighted by Gasteiger charge is -2.45. The van der Waals surface area contributed by atoms with Gasteiger partial charge >= 0.3 is 0 Å². The third kappa shape index (κ3) is 3.77. The summed E-state index contributed by atoms with van der Waals surface area (Å²) in [5.74, 6) is -0.352. The molecule has 2 heterocycles. The van der Waals surface area contributed by atoms with E-state index in [1.54, 1.807) is 31.1 Å². The summed E-state index contributed by atoms with van der Waals surface area (Å²) in [4.78, 5) is 43.1. The van der Waals surface area contributed by atoms with Crippen LogP contribution in [0.15, 0.2) is 18.2 Å². The summed E-state index contributed by atoms with van der Waals surface area (Å²) >= 11 is 0. The van der Waals surface area contributed by atoms with Crippen molar-refractivity contribution in [2.75, 3.05) is 43.5 Å². The molecule has 1 atom stereocenters. The minimum absolute atomic E-state index is 0.0181. The fourth-order valence-electron chi connectivity index (χ4n) is 3.78. The van der Waals surface area contributed by atoms with Crippen LogP contribution in [-0.4, -0.2) is 62.4 Å². The summed E-state index contributed by atoms with van der Waals surface area (Å²) in [6.07, 6.45) is 3.69. The van der Waals surface area contributed by atoms with Gasteiger partial charge in [-0.15, -0.1) is 0 Å². The molecule has 2 aliphatic rings. The molecule has 146 valence electrons. The molecule has 2 aliphatic heterocycles. The van der Waals surface area contributed by atoms with Crippen LogP contribution in [0, 0.1) is 0 Å². The monoisotopic (exact) mass is 372 g/mol. The van der Waals surface area contributed by atoms with E-state index in [0.717, 1.165) is 37.9 Å². The van der Waals surface area contributed by atoms with Gasteiger partial charge in [-0.3, -0.25) is 19.3 Å². The van der Waals surface area contributed by atoms with Crippen molar-refractivity contribution >= 4 is 29.1 Å². The molecule has 1 saturated heterocycles. The van der Waals surface area contributed by atoms with Crippen molar-refractivity contribution in [1.29, 1.82) is 0 Å². The Hall–Kier alpha value is -2.57. The quantitative estimate of drug-likeness (QED) is 0.852. The van der Waals surface area contributed by atoms with Crippen molar-refractivity contribution in [3.63, 3.8) is 0 Å². The highest BCUT2D eigenvalue weighted by atomic mass is 16.2. The molecule has 0 spiro atoms. The van der Waals surface area contributed by atoms with Gasteiger partial charge in [0.2, 0.25) is 11.8 Å². The number of rotatable bonds is 5. The maximum absolute atomic E-state index is 13.2. The Bertz CT molecular complexity index is 747. The topological polar surface area (TPSA) is 73.0 Å². The number of carbonyl (C=O) groups is 3. The molecule has 0 aliphatic carbocycles. The minimum atomic E-state index is -0.222. The molecule has 1 aromatic carbocycles. The van der Waals surface area contributed by atoms with Crippen LogP contribution in [0.2, 0.25) is 0 Å². The number of hydrogen-bond acceptors (Lipinski definition) is 4. The van der Waals surface area contributed by atoms with Crippen LogP contribution >= 0.6 is 0 Å². The standard InChI is InChI=1S/C20H28N4O3/c1-4-10-21-18(25)13-24-17-12-14(19(26)22(2)3)8-9-15(17)23-11-6-5-7-16(23)20(24)27/h8-9,12,16H,4-7,10-11,13H2,1-3H3,(H,21,25)/t16-/m1/s1. The minimum Gasteiger partial charge on any atom is -0.358 e. The van der Waals surface area contributed by atoms with Crippen LogP contribution in [0.4, 0.5) is 11.4 Å². The third-order valence-electron chi connectivity index (χ3n) is 5.16. The Morgan fingerprint density at radius 2 is 2.00 bits per heavy atom. The lowest BCUT2D eigenvalue weighted by atomic mass is 9.95. The van der Waals surface area contributed by atoms with Crippen LogP contribution in [0.1, 0.15) is 43.0 Å². The first-order valence-electron chi connectivity index (χ1n) is 9.64. The first kappa shape index (κ1) is 19.2. The lowest BCUT2D eigenvalue weighted by Crippen LogP contribution is -2.57. The molecule has 27 heavy (non-hydrogen) atoms. The van der Waals surface area contributed by atoms with Crippen molar-refractivity contribution in [2.45, 2.75) is 38.6 Å². The molecule has 3 rings (SSSR count). The molecule has 7 heteroatoms. The molecule has 0 bridgehead atoms. The van der Waals surface area contributed by atoms with Gasteiger partial charge in [-0.05, 0) is 43.9 Å². The van der Waals surface area contributed by atoms with E-state index in [-0.39, 0.29) is 30.3 Å². The number of benzene rings is 1. The van der Waals surface area contributed by atoms with Crippen molar-refractivity contribution < 1.29 is 14.4 Å². The summed E-state index contributed by atoms with van der Waals surface area (Å²) in [7, 11) is 3.40. The van der Waals surface area contributed by atoms with Gasteiger partial charge in [-0.25, -0.2) is 0 Å². The Kier molecular flexibility index (Phi) is 5.68. The van der Waals surface area contributed by atoms with E-state index < -0.39 is 0 Å². The molecule has 0 aromatic heterocycles. The van der Waals surface area contributed by atoms with E-state index in [1.807, 2.05) is 13.0 Å². The van der Waals surface area contributed by atoms with Crippen LogP contribution in [0.25, 0.3) is 0 Å². The third-order valence-corrected chi connectivity index (χ3v) is 5.16. The number of nitrogens with zero attached hydrogens (tertiary/aromatic N) is 3. The molecule has 0 radical (unpaired) electrons. The molecule has 1 fully saturated rings. The number of nitrogens with one attached hydrogen (secondary N) is 1. The molecular weight excluding hydrogens is 344 g/mol. The lowest BCUT2D eigenvalue weighted by molar-refractivity contribution is -0.125. The second kappa shape index (κ2) is 7.98. The van der Waals surface area contributed by atoms with Crippen molar-refractivity contribution in [3.8, 4) is 0 Å². The molecule has 3 amide bonds. The zero-order valence-corrected chi connectivity index (χ0v) is 16.3. The number of piperidine rings is 1. The zero-order valence-electron chi connectivity index (χ0n) is 16.3. The first-order chi connectivity index (χ1) is 12.9. The maximum Gasteiger partial charge on any atom is 0.253 e. The predicted octanol–water partition coefficient (Wildman–Crippen LogP) is 1.62. The fraction of sp³-hybridized carbons (Fsp3) is 0.550. The molecule has 1 aromatic rings. The van der Waals surface area contributed by atoms with E-state index >= 15 is 0 Å². The van der Waals surface area contributed by atoms with Gasteiger partial charge in [-0.1, -0.05) is 6.92 Å². The van der Waals surface area contributed by atoms with Gasteiger partial charge < -0.3 is 15.1 Å². The zero-order chi connectivity index (χ0) is 19.6. The fourth-order valence-corrected chi connectivity index (χ4v) is 3.78. The Labute approximate surface area is 160 Å². The van der Waals surface area contributed by atoms with E-state index in [9.17, 15) is 14.4 Å². The van der Waals surface area contributed by atoms with Gasteiger partial charge in [0.25, 0.3) is 5.91 Å². The Morgan fingerprint density at radius 1 is 1.22 bits per heavy atom. The Morgan fingerprint density at radius 3 is 2.70 bits per heavy atom. The summed E-state index contributed by atoms with van der Waals surface area (Å²) < 4.78 is 0. The number of fused-ring (bicyclic) bond motifs is 3. The summed E-state index contributed by atoms with van der Waals surface area (Å²) in [5.41, 5.74) is 2.09.